The van der Waals surface area contributed by atoms with Gasteiger partial charge in [-0.3, -0.25) is 9.52 Å². The van der Waals surface area contributed by atoms with Crippen LogP contribution < -0.4 is 10.0 Å². The Morgan fingerprint density at radius 2 is 1.64 bits per heavy atom. The first kappa shape index (κ1) is 19.6. The number of benzene rings is 3. The molecule has 0 radical (unpaired) electrons. The van der Waals surface area contributed by atoms with Crippen molar-refractivity contribution in [1.82, 2.24) is 0 Å². The SMILES string of the molecule is Cc1ccc(NS(=O)(=O)c2cccc(C(=O)Nc3ccccc3F)c2)c(C)c1. The number of carbonyl (C=O) groups is 1. The number of amides is 1. The molecule has 3 rings (SSSR count). The van der Waals surface area contributed by atoms with E-state index in [2.05, 4.69) is 10.0 Å². The van der Waals surface area contributed by atoms with Crippen LogP contribution in [0, 0.1) is 19.7 Å². The summed E-state index contributed by atoms with van der Waals surface area (Å²) in [5.41, 5.74) is 2.40. The number of rotatable bonds is 5. The third-order valence-corrected chi connectivity index (χ3v) is 5.52. The van der Waals surface area contributed by atoms with Crippen molar-refractivity contribution in [3.05, 3.63) is 89.2 Å². The van der Waals surface area contributed by atoms with Crippen LogP contribution in [-0.4, -0.2) is 14.3 Å². The first-order chi connectivity index (χ1) is 13.3. The molecule has 144 valence electrons. The lowest BCUT2D eigenvalue weighted by Crippen LogP contribution is -2.16. The minimum atomic E-state index is -3.89. The molecule has 3 aromatic carbocycles. The molecule has 7 heteroatoms. The lowest BCUT2D eigenvalue weighted by Gasteiger charge is -2.12. The molecule has 0 atom stereocenters. The van der Waals surface area contributed by atoms with Gasteiger partial charge >= 0.3 is 0 Å². The number of nitrogens with one attached hydrogen (secondary N) is 2. The Hall–Kier alpha value is -3.19. The standard InChI is InChI=1S/C21H19FN2O3S/c1-14-10-11-19(15(2)12-14)24-28(26,27)17-7-5-6-16(13-17)21(25)23-20-9-4-3-8-18(20)22/h3-13,24H,1-2H3,(H,23,25). The number of aryl methyl sites for hydroxylation is 2. The highest BCUT2D eigenvalue weighted by molar-refractivity contribution is 7.92. The summed E-state index contributed by atoms with van der Waals surface area (Å²) in [6, 6.07) is 16.7. The first-order valence-corrected chi connectivity index (χ1v) is 10.0. The van der Waals surface area contributed by atoms with E-state index >= 15 is 0 Å². The van der Waals surface area contributed by atoms with E-state index in [9.17, 15) is 17.6 Å². The van der Waals surface area contributed by atoms with Crippen LogP contribution in [0.3, 0.4) is 0 Å². The molecule has 0 aromatic heterocycles. The van der Waals surface area contributed by atoms with Crippen molar-refractivity contribution in [1.29, 1.82) is 0 Å². The summed E-state index contributed by atoms with van der Waals surface area (Å²) in [4.78, 5) is 12.3. The highest BCUT2D eigenvalue weighted by Crippen LogP contribution is 2.22. The molecule has 0 fully saturated rings. The van der Waals surface area contributed by atoms with Gasteiger partial charge in [-0.05, 0) is 55.8 Å². The number of anilines is 2. The number of hydrogen-bond acceptors (Lipinski definition) is 3. The van der Waals surface area contributed by atoms with E-state index in [0.29, 0.717) is 5.69 Å². The summed E-state index contributed by atoms with van der Waals surface area (Å²) in [5, 5.41) is 2.44. The molecule has 5 nitrogen and oxygen atoms in total. The number of sulfonamides is 1. The topological polar surface area (TPSA) is 75.3 Å². The second-order valence-corrected chi connectivity index (χ2v) is 8.07. The van der Waals surface area contributed by atoms with Gasteiger partial charge in [0, 0.05) is 5.56 Å². The molecule has 0 aliphatic rings. The molecule has 2 N–H and O–H groups in total. The van der Waals surface area contributed by atoms with Crippen LogP contribution in [0.15, 0.2) is 71.6 Å². The van der Waals surface area contributed by atoms with Crippen LogP contribution in [0.5, 0.6) is 0 Å². The Morgan fingerprint density at radius 3 is 2.36 bits per heavy atom. The zero-order valence-corrected chi connectivity index (χ0v) is 16.2. The maximum Gasteiger partial charge on any atom is 0.261 e. The molecule has 0 saturated heterocycles. The Morgan fingerprint density at radius 1 is 0.893 bits per heavy atom. The predicted octanol–water partition coefficient (Wildman–Crippen LogP) is 4.50. The molecule has 3 aromatic rings. The minimum absolute atomic E-state index is 0.0224. The van der Waals surface area contributed by atoms with Gasteiger partial charge in [0.25, 0.3) is 15.9 Å². The van der Waals surface area contributed by atoms with Gasteiger partial charge in [-0.25, -0.2) is 12.8 Å². The lowest BCUT2D eigenvalue weighted by atomic mass is 10.1. The van der Waals surface area contributed by atoms with Crippen molar-refractivity contribution < 1.29 is 17.6 Å². The fraction of sp³-hybridized carbons (Fsp3) is 0.0952. The molecule has 0 heterocycles. The van der Waals surface area contributed by atoms with Crippen molar-refractivity contribution in [2.75, 3.05) is 10.0 Å². The molecule has 0 bridgehead atoms. The lowest BCUT2D eigenvalue weighted by molar-refractivity contribution is 0.102. The van der Waals surface area contributed by atoms with Gasteiger partial charge in [-0.1, -0.05) is 35.9 Å². The second kappa shape index (κ2) is 7.82. The van der Waals surface area contributed by atoms with E-state index in [4.69, 9.17) is 0 Å². The van der Waals surface area contributed by atoms with Crippen molar-refractivity contribution in [2.24, 2.45) is 0 Å². The average Bonchev–Trinajstić information content (AvgIpc) is 2.66. The summed E-state index contributed by atoms with van der Waals surface area (Å²) < 4.78 is 41.7. The Balaban J connectivity index is 1.85. The zero-order chi connectivity index (χ0) is 20.3. The molecule has 0 spiro atoms. The molecular formula is C21H19FN2O3S. The molecule has 0 unspecified atom stereocenters. The molecule has 1 amide bonds. The highest BCUT2D eigenvalue weighted by Gasteiger charge is 2.18. The zero-order valence-electron chi connectivity index (χ0n) is 15.4. The van der Waals surface area contributed by atoms with Gasteiger partial charge in [0.2, 0.25) is 0 Å². The fourth-order valence-electron chi connectivity index (χ4n) is 2.69. The van der Waals surface area contributed by atoms with Crippen LogP contribution in [0.25, 0.3) is 0 Å². The summed E-state index contributed by atoms with van der Waals surface area (Å²) >= 11 is 0. The third-order valence-electron chi connectivity index (χ3n) is 4.15. The largest absolute Gasteiger partial charge is 0.319 e. The monoisotopic (exact) mass is 398 g/mol. The van der Waals surface area contributed by atoms with Crippen LogP contribution in [0.2, 0.25) is 0 Å². The van der Waals surface area contributed by atoms with Gasteiger partial charge in [0.05, 0.1) is 16.3 Å². The first-order valence-electron chi connectivity index (χ1n) is 8.52. The van der Waals surface area contributed by atoms with Gasteiger partial charge < -0.3 is 5.32 Å². The fourth-order valence-corrected chi connectivity index (χ4v) is 3.87. The molecule has 28 heavy (non-hydrogen) atoms. The highest BCUT2D eigenvalue weighted by atomic mass is 32.2. The van der Waals surface area contributed by atoms with E-state index < -0.39 is 21.7 Å². The Bertz CT molecular complexity index is 1140. The van der Waals surface area contributed by atoms with Crippen LogP contribution in [-0.2, 0) is 10.0 Å². The number of carbonyl (C=O) groups excluding carboxylic acids is 1. The van der Waals surface area contributed by atoms with Gasteiger partial charge in [-0.2, -0.15) is 0 Å². The average molecular weight is 398 g/mol. The summed E-state index contributed by atoms with van der Waals surface area (Å²) in [6.45, 7) is 3.73. The third kappa shape index (κ3) is 4.37. The minimum Gasteiger partial charge on any atom is -0.319 e. The molecular weight excluding hydrogens is 379 g/mol. The van der Waals surface area contributed by atoms with Gasteiger partial charge in [0.15, 0.2) is 0 Å². The van der Waals surface area contributed by atoms with Crippen LogP contribution in [0.4, 0.5) is 15.8 Å². The van der Waals surface area contributed by atoms with E-state index in [-0.39, 0.29) is 16.1 Å². The molecule has 0 aliphatic heterocycles. The number of hydrogen-bond donors (Lipinski definition) is 2. The van der Waals surface area contributed by atoms with E-state index in [1.54, 1.807) is 12.1 Å². The van der Waals surface area contributed by atoms with Crippen molar-refractivity contribution in [2.45, 2.75) is 18.7 Å². The van der Waals surface area contributed by atoms with Crippen molar-refractivity contribution in [3.8, 4) is 0 Å². The maximum atomic E-state index is 13.7. The Kier molecular flexibility index (Phi) is 5.46. The van der Waals surface area contributed by atoms with Crippen molar-refractivity contribution >= 4 is 27.3 Å². The van der Waals surface area contributed by atoms with Gasteiger partial charge in [0.1, 0.15) is 5.82 Å². The number of halogens is 1. The second-order valence-electron chi connectivity index (χ2n) is 6.39. The van der Waals surface area contributed by atoms with Crippen LogP contribution in [0.1, 0.15) is 21.5 Å². The Labute approximate surface area is 163 Å². The smallest absolute Gasteiger partial charge is 0.261 e. The predicted molar refractivity (Wildman–Crippen MR) is 108 cm³/mol. The van der Waals surface area contributed by atoms with E-state index in [0.717, 1.165) is 11.1 Å². The van der Waals surface area contributed by atoms with E-state index in [1.807, 2.05) is 26.0 Å². The molecule has 0 aliphatic carbocycles. The molecule has 0 saturated carbocycles. The quantitative estimate of drug-likeness (QED) is 0.665. The summed E-state index contributed by atoms with van der Waals surface area (Å²) in [5.74, 6) is -1.18. The van der Waals surface area contributed by atoms with E-state index in [1.165, 1.54) is 42.5 Å². The summed E-state index contributed by atoms with van der Waals surface area (Å²) in [6.07, 6.45) is 0. The van der Waals surface area contributed by atoms with Crippen molar-refractivity contribution in [3.63, 3.8) is 0 Å². The van der Waals surface area contributed by atoms with Crippen LogP contribution >= 0.6 is 0 Å². The number of para-hydroxylation sites is 1. The normalized spacial score (nSPS) is 11.1. The van der Waals surface area contributed by atoms with Gasteiger partial charge in [-0.15, -0.1) is 0 Å². The summed E-state index contributed by atoms with van der Waals surface area (Å²) in [7, 11) is -3.89. The maximum absolute atomic E-state index is 13.7.